The van der Waals surface area contributed by atoms with Gasteiger partial charge in [-0.05, 0) is 47.7 Å². The number of para-hydroxylation sites is 1. The molecule has 0 aliphatic heterocycles. The van der Waals surface area contributed by atoms with Gasteiger partial charge in [-0.3, -0.25) is 0 Å². The largest absolute Gasteiger partial charge is 0.508 e. The summed E-state index contributed by atoms with van der Waals surface area (Å²) in [7, 11) is 0. The van der Waals surface area contributed by atoms with Crippen molar-refractivity contribution in [1.29, 1.82) is 0 Å². The molecule has 0 atom stereocenters. The van der Waals surface area contributed by atoms with Crippen LogP contribution in [0.25, 0.3) is 11.1 Å². The second-order valence-electron chi connectivity index (χ2n) is 5.65. The molecule has 124 valence electrons. The minimum atomic E-state index is 0.305. The van der Waals surface area contributed by atoms with Crippen LogP contribution in [0.5, 0.6) is 11.5 Å². The van der Waals surface area contributed by atoms with Gasteiger partial charge in [0.05, 0.1) is 0 Å². The number of phenolic OH excluding ortho intramolecular Hbond substituents is 2. The normalized spacial score (nSPS) is 9.88. The van der Waals surface area contributed by atoms with Crippen LogP contribution in [0.2, 0.25) is 0 Å². The summed E-state index contributed by atoms with van der Waals surface area (Å²) in [5.74, 6) is 0.737. The average molecular weight is 320 g/mol. The van der Waals surface area contributed by atoms with Crippen LogP contribution in [0.1, 0.15) is 25.3 Å². The molecule has 0 aliphatic carbocycles. The standard InChI is InChI=1S/C12H10O.C10H14O/c13-12-8-6-11(7-9-12)10-4-2-1-3-5-10;1-2-3-6-9-7-4-5-8-10(9)11/h1-9,13H;4-5,7-8,11H,2-3,6H2,1H3. The van der Waals surface area contributed by atoms with Gasteiger partial charge in [-0.2, -0.15) is 0 Å². The average Bonchev–Trinajstić information content (AvgIpc) is 2.63. The lowest BCUT2D eigenvalue weighted by molar-refractivity contribution is 0.467. The first-order valence-corrected chi connectivity index (χ1v) is 8.32. The Morgan fingerprint density at radius 3 is 1.88 bits per heavy atom. The van der Waals surface area contributed by atoms with Crippen molar-refractivity contribution < 1.29 is 10.2 Å². The van der Waals surface area contributed by atoms with Crippen molar-refractivity contribution in [3.05, 3.63) is 84.4 Å². The maximum atomic E-state index is 9.34. The van der Waals surface area contributed by atoms with E-state index < -0.39 is 0 Å². The fraction of sp³-hybridized carbons (Fsp3) is 0.182. The van der Waals surface area contributed by atoms with Crippen molar-refractivity contribution in [3.63, 3.8) is 0 Å². The molecule has 2 N–H and O–H groups in total. The van der Waals surface area contributed by atoms with Gasteiger partial charge in [0.2, 0.25) is 0 Å². The zero-order valence-corrected chi connectivity index (χ0v) is 14.0. The van der Waals surface area contributed by atoms with Crippen molar-refractivity contribution in [3.8, 4) is 22.6 Å². The molecule has 0 heterocycles. The van der Waals surface area contributed by atoms with Gasteiger partial charge >= 0.3 is 0 Å². The van der Waals surface area contributed by atoms with E-state index >= 15 is 0 Å². The Morgan fingerprint density at radius 1 is 0.667 bits per heavy atom. The van der Waals surface area contributed by atoms with Gasteiger partial charge < -0.3 is 10.2 Å². The van der Waals surface area contributed by atoms with Crippen molar-refractivity contribution in [2.24, 2.45) is 0 Å². The molecule has 0 saturated carbocycles. The lowest BCUT2D eigenvalue weighted by Crippen LogP contribution is -1.83. The Bertz CT molecular complexity index is 718. The molecule has 3 aromatic rings. The third-order valence-corrected chi connectivity index (χ3v) is 3.77. The highest BCUT2D eigenvalue weighted by atomic mass is 16.3. The summed E-state index contributed by atoms with van der Waals surface area (Å²) in [5.41, 5.74) is 3.36. The van der Waals surface area contributed by atoms with Gasteiger partial charge in [-0.1, -0.05) is 74.0 Å². The van der Waals surface area contributed by atoms with Crippen molar-refractivity contribution >= 4 is 0 Å². The molecule has 0 aromatic heterocycles. The van der Waals surface area contributed by atoms with Crippen LogP contribution >= 0.6 is 0 Å². The second kappa shape index (κ2) is 9.41. The fourth-order valence-electron chi connectivity index (χ4n) is 2.37. The van der Waals surface area contributed by atoms with E-state index in [0.717, 1.165) is 24.0 Å². The number of rotatable bonds is 4. The smallest absolute Gasteiger partial charge is 0.118 e. The summed E-state index contributed by atoms with van der Waals surface area (Å²) in [5, 5.41) is 18.4. The quantitative estimate of drug-likeness (QED) is 0.638. The highest BCUT2D eigenvalue weighted by molar-refractivity contribution is 5.63. The van der Waals surface area contributed by atoms with Crippen LogP contribution in [0.15, 0.2) is 78.9 Å². The zero-order valence-electron chi connectivity index (χ0n) is 14.0. The molecule has 0 unspecified atom stereocenters. The van der Waals surface area contributed by atoms with Gasteiger partial charge in [0.1, 0.15) is 11.5 Å². The van der Waals surface area contributed by atoms with Gasteiger partial charge in [0, 0.05) is 0 Å². The summed E-state index contributed by atoms with van der Waals surface area (Å²) in [6.45, 7) is 2.15. The third-order valence-electron chi connectivity index (χ3n) is 3.77. The molecule has 0 radical (unpaired) electrons. The topological polar surface area (TPSA) is 40.5 Å². The number of aryl methyl sites for hydroxylation is 1. The predicted octanol–water partition coefficient (Wildman–Crippen LogP) is 5.79. The van der Waals surface area contributed by atoms with E-state index in [1.54, 1.807) is 18.2 Å². The van der Waals surface area contributed by atoms with Crippen molar-refractivity contribution in [2.45, 2.75) is 26.2 Å². The number of hydrogen-bond donors (Lipinski definition) is 2. The Balaban J connectivity index is 0.000000177. The zero-order chi connectivity index (χ0) is 17.2. The molecular formula is C22H24O2. The molecule has 3 aromatic carbocycles. The molecule has 0 fully saturated rings. The Kier molecular flexibility index (Phi) is 6.91. The summed E-state index contributed by atoms with van der Waals surface area (Å²) in [6.07, 6.45) is 3.31. The van der Waals surface area contributed by atoms with E-state index in [0.29, 0.717) is 11.5 Å². The maximum absolute atomic E-state index is 9.34. The highest BCUT2D eigenvalue weighted by Crippen LogP contribution is 2.21. The van der Waals surface area contributed by atoms with Gasteiger partial charge in [0.25, 0.3) is 0 Å². The van der Waals surface area contributed by atoms with Crippen LogP contribution in [0, 0.1) is 0 Å². The predicted molar refractivity (Wildman–Crippen MR) is 100 cm³/mol. The summed E-state index contributed by atoms with van der Waals surface area (Å²) in [4.78, 5) is 0. The fourth-order valence-corrected chi connectivity index (χ4v) is 2.37. The SMILES string of the molecule is CCCCc1ccccc1O.Oc1ccc(-c2ccccc2)cc1. The summed E-state index contributed by atoms with van der Waals surface area (Å²) in [6, 6.07) is 24.8. The van der Waals surface area contributed by atoms with E-state index in [2.05, 4.69) is 6.92 Å². The third kappa shape index (κ3) is 5.47. The number of benzene rings is 3. The van der Waals surface area contributed by atoms with E-state index in [1.807, 2.05) is 60.7 Å². The van der Waals surface area contributed by atoms with Crippen LogP contribution < -0.4 is 0 Å². The first kappa shape index (κ1) is 17.6. The monoisotopic (exact) mass is 320 g/mol. The number of phenols is 2. The van der Waals surface area contributed by atoms with Crippen molar-refractivity contribution in [1.82, 2.24) is 0 Å². The summed E-state index contributed by atoms with van der Waals surface area (Å²) >= 11 is 0. The van der Waals surface area contributed by atoms with E-state index in [4.69, 9.17) is 5.11 Å². The maximum Gasteiger partial charge on any atom is 0.118 e. The second-order valence-corrected chi connectivity index (χ2v) is 5.65. The molecule has 24 heavy (non-hydrogen) atoms. The Hall–Kier alpha value is -2.74. The molecule has 3 rings (SSSR count). The van der Waals surface area contributed by atoms with Gasteiger partial charge in [-0.25, -0.2) is 0 Å². The number of hydrogen-bond acceptors (Lipinski definition) is 2. The van der Waals surface area contributed by atoms with Crippen molar-refractivity contribution in [2.75, 3.05) is 0 Å². The van der Waals surface area contributed by atoms with Crippen LogP contribution in [0.3, 0.4) is 0 Å². The first-order chi connectivity index (χ1) is 11.7. The molecule has 0 aliphatic rings. The Morgan fingerprint density at radius 2 is 1.25 bits per heavy atom. The van der Waals surface area contributed by atoms with E-state index in [9.17, 15) is 5.11 Å². The van der Waals surface area contributed by atoms with E-state index in [1.165, 1.54) is 12.0 Å². The molecule has 0 spiro atoms. The van der Waals surface area contributed by atoms with Crippen LogP contribution in [-0.2, 0) is 6.42 Å². The minimum absolute atomic E-state index is 0.305. The molecule has 2 nitrogen and oxygen atoms in total. The number of aromatic hydroxyl groups is 2. The first-order valence-electron chi connectivity index (χ1n) is 8.32. The lowest BCUT2D eigenvalue weighted by atomic mass is 10.1. The van der Waals surface area contributed by atoms with Crippen LogP contribution in [0.4, 0.5) is 0 Å². The minimum Gasteiger partial charge on any atom is -0.508 e. The Labute approximate surface area is 144 Å². The summed E-state index contributed by atoms with van der Waals surface area (Å²) < 4.78 is 0. The van der Waals surface area contributed by atoms with Gasteiger partial charge in [0.15, 0.2) is 0 Å². The molecule has 2 heteroatoms. The van der Waals surface area contributed by atoms with E-state index in [-0.39, 0.29) is 0 Å². The molecule has 0 saturated heterocycles. The lowest BCUT2D eigenvalue weighted by Gasteiger charge is -2.01. The molecule has 0 amide bonds. The van der Waals surface area contributed by atoms with Crippen LogP contribution in [-0.4, -0.2) is 10.2 Å². The van der Waals surface area contributed by atoms with Gasteiger partial charge in [-0.15, -0.1) is 0 Å². The number of unbranched alkanes of at least 4 members (excludes halogenated alkanes) is 1. The molecular weight excluding hydrogens is 296 g/mol. The molecule has 0 bridgehead atoms. The highest BCUT2D eigenvalue weighted by Gasteiger charge is 1.97.